The maximum absolute atomic E-state index is 6.15. The van der Waals surface area contributed by atoms with Crippen molar-refractivity contribution < 1.29 is 4.74 Å². The van der Waals surface area contributed by atoms with Gasteiger partial charge in [0.15, 0.2) is 5.82 Å². The highest BCUT2D eigenvalue weighted by atomic mass is 35.5. The molecule has 0 amide bonds. The molecule has 2 heterocycles. The summed E-state index contributed by atoms with van der Waals surface area (Å²) < 4.78 is 5.96. The van der Waals surface area contributed by atoms with Crippen LogP contribution < -0.4 is 10.1 Å². The number of rotatable bonds is 0. The van der Waals surface area contributed by atoms with Crippen molar-refractivity contribution in [3.63, 3.8) is 0 Å². The minimum Gasteiger partial charge on any atom is -0.474 e. The SMILES string of the molecule is Clc1ccc2c(c1)CCC[C@@]21CNc2nc(Cl)cnc2OC1. The maximum Gasteiger partial charge on any atom is 0.257 e. The fourth-order valence-corrected chi connectivity index (χ4v) is 3.79. The van der Waals surface area contributed by atoms with E-state index in [1.54, 1.807) is 0 Å². The highest BCUT2D eigenvalue weighted by Crippen LogP contribution is 2.41. The minimum atomic E-state index is -0.0764. The third-order valence-corrected chi connectivity index (χ3v) is 4.95. The maximum atomic E-state index is 6.15. The molecule has 2 aromatic rings. The first-order chi connectivity index (χ1) is 10.7. The molecule has 4 nitrogen and oxygen atoms in total. The molecule has 0 fully saturated rings. The van der Waals surface area contributed by atoms with Crippen LogP contribution in [0.1, 0.15) is 24.0 Å². The number of nitrogens with zero attached hydrogens (tertiary/aromatic N) is 2. The van der Waals surface area contributed by atoms with Crippen molar-refractivity contribution in [2.45, 2.75) is 24.7 Å². The van der Waals surface area contributed by atoms with Gasteiger partial charge in [-0.3, -0.25) is 0 Å². The molecule has 6 heteroatoms. The molecule has 1 aromatic carbocycles. The molecule has 1 aromatic heterocycles. The van der Waals surface area contributed by atoms with Crippen molar-refractivity contribution in [2.24, 2.45) is 0 Å². The van der Waals surface area contributed by atoms with E-state index in [9.17, 15) is 0 Å². The van der Waals surface area contributed by atoms with Gasteiger partial charge < -0.3 is 10.1 Å². The van der Waals surface area contributed by atoms with Gasteiger partial charge in [0.1, 0.15) is 11.8 Å². The first-order valence-corrected chi connectivity index (χ1v) is 8.10. The van der Waals surface area contributed by atoms with E-state index in [4.69, 9.17) is 27.9 Å². The molecule has 0 bridgehead atoms. The summed E-state index contributed by atoms with van der Waals surface area (Å²) in [4.78, 5) is 8.49. The van der Waals surface area contributed by atoms with Crippen molar-refractivity contribution in [3.05, 3.63) is 45.7 Å². The van der Waals surface area contributed by atoms with Crippen molar-refractivity contribution in [1.82, 2.24) is 9.97 Å². The Morgan fingerprint density at radius 3 is 3.09 bits per heavy atom. The quantitative estimate of drug-likeness (QED) is 0.794. The lowest BCUT2D eigenvalue weighted by Gasteiger charge is -2.37. The van der Waals surface area contributed by atoms with Crippen LogP contribution in [0.3, 0.4) is 0 Å². The molecule has 0 unspecified atom stereocenters. The van der Waals surface area contributed by atoms with Gasteiger partial charge in [0.05, 0.1) is 6.20 Å². The van der Waals surface area contributed by atoms with Crippen LogP contribution in [0.4, 0.5) is 5.82 Å². The Kier molecular flexibility index (Phi) is 3.39. The van der Waals surface area contributed by atoms with Gasteiger partial charge in [0, 0.05) is 17.0 Å². The molecular formula is C16H15Cl2N3O. The zero-order chi connectivity index (χ0) is 15.2. The largest absolute Gasteiger partial charge is 0.474 e. The number of benzene rings is 1. The number of anilines is 1. The molecule has 1 N–H and O–H groups in total. The van der Waals surface area contributed by atoms with E-state index in [-0.39, 0.29) is 5.41 Å². The highest BCUT2D eigenvalue weighted by molar-refractivity contribution is 6.30. The van der Waals surface area contributed by atoms with Crippen molar-refractivity contribution >= 4 is 29.0 Å². The average molecular weight is 336 g/mol. The van der Waals surface area contributed by atoms with Gasteiger partial charge in [0.25, 0.3) is 5.88 Å². The highest BCUT2D eigenvalue weighted by Gasteiger charge is 2.39. The third kappa shape index (κ3) is 2.31. The molecule has 0 saturated heterocycles. The van der Waals surface area contributed by atoms with E-state index in [2.05, 4.69) is 27.4 Å². The van der Waals surface area contributed by atoms with Gasteiger partial charge in [-0.25, -0.2) is 9.97 Å². The van der Waals surface area contributed by atoms with Crippen molar-refractivity contribution in [3.8, 4) is 5.88 Å². The van der Waals surface area contributed by atoms with E-state index in [1.165, 1.54) is 17.3 Å². The van der Waals surface area contributed by atoms with Crippen LogP contribution in [0.5, 0.6) is 5.88 Å². The third-order valence-electron chi connectivity index (χ3n) is 4.53. The van der Waals surface area contributed by atoms with Crippen LogP contribution >= 0.6 is 23.2 Å². The summed E-state index contributed by atoms with van der Waals surface area (Å²) in [5.41, 5.74) is 2.55. The van der Waals surface area contributed by atoms with Crippen LogP contribution in [0, 0.1) is 0 Å². The lowest BCUT2D eigenvalue weighted by molar-refractivity contribution is 0.204. The predicted molar refractivity (Wildman–Crippen MR) is 87.1 cm³/mol. The molecule has 2 aliphatic rings. The van der Waals surface area contributed by atoms with Crippen molar-refractivity contribution in [2.75, 3.05) is 18.5 Å². The summed E-state index contributed by atoms with van der Waals surface area (Å²) in [6.45, 7) is 1.33. The number of halogens is 2. The van der Waals surface area contributed by atoms with Gasteiger partial charge in [-0.2, -0.15) is 0 Å². The van der Waals surface area contributed by atoms with Crippen LogP contribution in [0.15, 0.2) is 24.4 Å². The van der Waals surface area contributed by atoms with E-state index in [0.29, 0.717) is 23.5 Å². The smallest absolute Gasteiger partial charge is 0.257 e. The van der Waals surface area contributed by atoms with Gasteiger partial charge >= 0.3 is 0 Å². The Morgan fingerprint density at radius 2 is 2.18 bits per heavy atom. The summed E-state index contributed by atoms with van der Waals surface area (Å²) in [7, 11) is 0. The summed E-state index contributed by atoms with van der Waals surface area (Å²) in [6, 6.07) is 6.16. The topological polar surface area (TPSA) is 47.0 Å². The molecule has 0 saturated carbocycles. The molecule has 1 atom stereocenters. The summed E-state index contributed by atoms with van der Waals surface area (Å²) in [6.07, 6.45) is 4.76. The first kappa shape index (κ1) is 14.1. The summed E-state index contributed by atoms with van der Waals surface area (Å²) in [5.74, 6) is 1.13. The normalized spacial score (nSPS) is 23.0. The number of aromatic nitrogens is 2. The molecule has 0 radical (unpaired) electrons. The standard InChI is InChI=1S/C16H15Cl2N3O/c17-11-3-4-12-10(6-11)2-1-5-16(12)8-20-14-15(22-9-16)19-7-13(18)21-14/h3-4,6-7H,1-2,5,8-9H2,(H,20,21)/t16-/m0/s1. The predicted octanol–water partition coefficient (Wildman–Crippen LogP) is 3.86. The Hall–Kier alpha value is -1.52. The van der Waals surface area contributed by atoms with E-state index >= 15 is 0 Å². The fraction of sp³-hybridized carbons (Fsp3) is 0.375. The van der Waals surface area contributed by atoms with Crippen LogP contribution in [0.25, 0.3) is 0 Å². The number of fused-ring (bicyclic) bond motifs is 3. The number of aryl methyl sites for hydroxylation is 1. The zero-order valence-electron chi connectivity index (χ0n) is 11.9. The molecule has 1 aliphatic carbocycles. The zero-order valence-corrected chi connectivity index (χ0v) is 13.4. The number of nitrogens with one attached hydrogen (secondary N) is 1. The molecule has 1 aliphatic heterocycles. The Bertz CT molecular complexity index is 737. The Balaban J connectivity index is 1.73. The Morgan fingerprint density at radius 1 is 1.27 bits per heavy atom. The van der Waals surface area contributed by atoms with Crippen LogP contribution in [-0.2, 0) is 11.8 Å². The fourth-order valence-electron chi connectivity index (χ4n) is 3.46. The van der Waals surface area contributed by atoms with Crippen molar-refractivity contribution in [1.29, 1.82) is 0 Å². The summed E-state index contributed by atoms with van der Waals surface area (Å²) in [5, 5.41) is 4.52. The number of hydrogen-bond donors (Lipinski definition) is 1. The minimum absolute atomic E-state index is 0.0764. The molecule has 1 spiro atoms. The second kappa shape index (κ2) is 5.28. The molecular weight excluding hydrogens is 321 g/mol. The monoisotopic (exact) mass is 335 g/mol. The van der Waals surface area contributed by atoms with E-state index in [1.807, 2.05) is 6.07 Å². The molecule has 114 valence electrons. The lowest BCUT2D eigenvalue weighted by atomic mass is 9.70. The number of ether oxygens (including phenoxy) is 1. The second-order valence-electron chi connectivity index (χ2n) is 5.92. The second-order valence-corrected chi connectivity index (χ2v) is 6.75. The lowest BCUT2D eigenvalue weighted by Crippen LogP contribution is -2.41. The molecule has 4 rings (SSSR count). The van der Waals surface area contributed by atoms with Crippen LogP contribution in [0.2, 0.25) is 10.2 Å². The molecule has 22 heavy (non-hydrogen) atoms. The van der Waals surface area contributed by atoms with Gasteiger partial charge in [-0.1, -0.05) is 29.3 Å². The van der Waals surface area contributed by atoms with E-state index < -0.39 is 0 Å². The Labute approximate surface area is 138 Å². The van der Waals surface area contributed by atoms with E-state index in [0.717, 1.165) is 30.8 Å². The van der Waals surface area contributed by atoms with Gasteiger partial charge in [0.2, 0.25) is 0 Å². The van der Waals surface area contributed by atoms with Gasteiger partial charge in [-0.15, -0.1) is 0 Å². The first-order valence-electron chi connectivity index (χ1n) is 7.34. The van der Waals surface area contributed by atoms with Crippen LogP contribution in [-0.4, -0.2) is 23.1 Å². The number of hydrogen-bond acceptors (Lipinski definition) is 4. The average Bonchev–Trinajstić information content (AvgIpc) is 2.68. The van der Waals surface area contributed by atoms with Gasteiger partial charge in [-0.05, 0) is 42.5 Å². The summed E-state index contributed by atoms with van der Waals surface area (Å²) >= 11 is 12.1.